The van der Waals surface area contributed by atoms with Gasteiger partial charge in [0, 0.05) is 37.8 Å². The van der Waals surface area contributed by atoms with Gasteiger partial charge in [0.15, 0.2) is 0 Å². The van der Waals surface area contributed by atoms with E-state index in [1.165, 1.54) is 18.2 Å². The summed E-state index contributed by atoms with van der Waals surface area (Å²) in [4.78, 5) is 23.2. The van der Waals surface area contributed by atoms with Crippen molar-refractivity contribution >= 4 is 41.6 Å². The minimum Gasteiger partial charge on any atom is -0.367 e. The third-order valence-corrected chi connectivity index (χ3v) is 5.17. The van der Waals surface area contributed by atoms with Crippen molar-refractivity contribution in [1.82, 2.24) is 15.3 Å². The van der Waals surface area contributed by atoms with Gasteiger partial charge in [-0.3, -0.25) is 4.79 Å². The third kappa shape index (κ3) is 6.18. The molecule has 1 saturated carbocycles. The van der Waals surface area contributed by atoms with Crippen molar-refractivity contribution in [2.45, 2.75) is 44.7 Å². The molecule has 0 aliphatic heterocycles. The van der Waals surface area contributed by atoms with E-state index in [0.717, 1.165) is 43.1 Å². The molecule has 1 aliphatic carbocycles. The highest BCUT2D eigenvalue weighted by molar-refractivity contribution is 6.31. The number of carbonyl (C=O) groups is 1. The molecule has 29 heavy (non-hydrogen) atoms. The number of hydrogen-bond donors (Lipinski definition) is 2. The molecule has 1 aliphatic rings. The monoisotopic (exact) mass is 441 g/mol. The molecule has 0 unspecified atom stereocenters. The van der Waals surface area contributed by atoms with Crippen LogP contribution in [0.3, 0.4) is 0 Å². The van der Waals surface area contributed by atoms with Crippen LogP contribution in [0.5, 0.6) is 0 Å². The highest BCUT2D eigenvalue weighted by Crippen LogP contribution is 2.24. The van der Waals surface area contributed by atoms with Gasteiger partial charge >= 0.3 is 0 Å². The van der Waals surface area contributed by atoms with E-state index >= 15 is 0 Å². The van der Waals surface area contributed by atoms with Crippen molar-refractivity contribution in [3.8, 4) is 0 Å². The Morgan fingerprint density at radius 1 is 1.14 bits per heavy atom. The largest absolute Gasteiger partial charge is 0.367 e. The summed E-state index contributed by atoms with van der Waals surface area (Å²) in [6, 6.07) is 6.36. The fourth-order valence-corrected chi connectivity index (χ4v) is 3.53. The number of aromatic nitrogens is 2. The first kappa shape index (κ1) is 23.2. The standard InChI is InChI=1S/C20H25ClFN5O.ClH/c1-12-23-18(11-19(24-12)27(2)3)25-14-5-7-15(8-6-14)26-20(28)13-4-9-17(22)16(21)10-13;/h4,9-11,14-15H,5-8H2,1-3H3,(H,26,28)(H,23,24,25);1H. The van der Waals surface area contributed by atoms with Crippen LogP contribution in [0.2, 0.25) is 5.02 Å². The molecule has 1 amide bonds. The molecule has 0 saturated heterocycles. The molecule has 158 valence electrons. The fourth-order valence-electron chi connectivity index (χ4n) is 3.35. The molecule has 0 radical (unpaired) electrons. The predicted molar refractivity (Wildman–Crippen MR) is 117 cm³/mol. The van der Waals surface area contributed by atoms with Crippen LogP contribution in [0.25, 0.3) is 0 Å². The van der Waals surface area contributed by atoms with Crippen molar-refractivity contribution in [3.05, 3.63) is 46.5 Å². The smallest absolute Gasteiger partial charge is 0.251 e. The third-order valence-electron chi connectivity index (χ3n) is 4.88. The topological polar surface area (TPSA) is 70.2 Å². The second kappa shape index (κ2) is 10.1. The summed E-state index contributed by atoms with van der Waals surface area (Å²) >= 11 is 5.76. The highest BCUT2D eigenvalue weighted by Gasteiger charge is 2.23. The van der Waals surface area contributed by atoms with Crippen LogP contribution in [-0.4, -0.2) is 42.1 Å². The van der Waals surface area contributed by atoms with Gasteiger partial charge in [0.1, 0.15) is 23.3 Å². The molecule has 1 aromatic heterocycles. The van der Waals surface area contributed by atoms with Gasteiger partial charge in [-0.15, -0.1) is 12.4 Å². The Labute approximate surface area is 181 Å². The molecule has 6 nitrogen and oxygen atoms in total. The van der Waals surface area contributed by atoms with E-state index in [1.54, 1.807) is 0 Å². The van der Waals surface area contributed by atoms with E-state index in [-0.39, 0.29) is 29.4 Å². The number of aryl methyl sites for hydroxylation is 1. The lowest BCUT2D eigenvalue weighted by atomic mass is 9.91. The predicted octanol–water partition coefficient (Wildman–Crippen LogP) is 4.22. The minimum atomic E-state index is -0.526. The number of halogens is 3. The highest BCUT2D eigenvalue weighted by atomic mass is 35.5. The number of carbonyl (C=O) groups excluding carboxylic acids is 1. The molecular weight excluding hydrogens is 416 g/mol. The summed E-state index contributed by atoms with van der Waals surface area (Å²) in [6.45, 7) is 1.88. The minimum absolute atomic E-state index is 0. The van der Waals surface area contributed by atoms with Gasteiger partial charge in [0.2, 0.25) is 0 Å². The first-order valence-electron chi connectivity index (χ1n) is 9.37. The quantitative estimate of drug-likeness (QED) is 0.726. The summed E-state index contributed by atoms with van der Waals surface area (Å²) in [5, 5.41) is 6.46. The summed E-state index contributed by atoms with van der Waals surface area (Å²) in [5.74, 6) is 1.67. The maximum atomic E-state index is 13.3. The number of hydrogen-bond acceptors (Lipinski definition) is 5. The Bertz CT molecular complexity index is 857. The second-order valence-corrected chi connectivity index (χ2v) is 7.76. The van der Waals surface area contributed by atoms with Crippen molar-refractivity contribution in [2.24, 2.45) is 0 Å². The Balaban J connectivity index is 0.00000300. The van der Waals surface area contributed by atoms with Gasteiger partial charge in [0.05, 0.1) is 5.02 Å². The van der Waals surface area contributed by atoms with Crippen LogP contribution in [-0.2, 0) is 0 Å². The molecule has 2 N–H and O–H groups in total. The summed E-state index contributed by atoms with van der Waals surface area (Å²) in [5.41, 5.74) is 0.374. The van der Waals surface area contributed by atoms with Crippen LogP contribution in [0.1, 0.15) is 41.9 Å². The maximum Gasteiger partial charge on any atom is 0.251 e. The Kier molecular flexibility index (Phi) is 8.05. The molecule has 0 spiro atoms. The number of nitrogens with zero attached hydrogens (tertiary/aromatic N) is 3. The van der Waals surface area contributed by atoms with Gasteiger partial charge in [0.25, 0.3) is 5.91 Å². The lowest BCUT2D eigenvalue weighted by Gasteiger charge is -2.30. The van der Waals surface area contributed by atoms with Gasteiger partial charge < -0.3 is 15.5 Å². The summed E-state index contributed by atoms with van der Waals surface area (Å²) in [6.07, 6.45) is 3.58. The summed E-state index contributed by atoms with van der Waals surface area (Å²) < 4.78 is 13.3. The van der Waals surface area contributed by atoms with E-state index in [4.69, 9.17) is 11.6 Å². The van der Waals surface area contributed by atoms with Gasteiger partial charge in [-0.05, 0) is 50.8 Å². The number of nitrogens with one attached hydrogen (secondary N) is 2. The zero-order valence-corrected chi connectivity index (χ0v) is 18.3. The molecule has 1 aromatic carbocycles. The van der Waals surface area contributed by atoms with Crippen molar-refractivity contribution < 1.29 is 9.18 Å². The van der Waals surface area contributed by atoms with Crippen molar-refractivity contribution in [1.29, 1.82) is 0 Å². The van der Waals surface area contributed by atoms with Gasteiger partial charge in [-0.2, -0.15) is 0 Å². The SMILES string of the molecule is Cc1nc(NC2CCC(NC(=O)c3ccc(F)c(Cl)c3)CC2)cc(N(C)C)n1.Cl. The molecular formula is C20H26Cl2FN5O. The van der Waals surface area contributed by atoms with Crippen LogP contribution in [0, 0.1) is 12.7 Å². The Morgan fingerprint density at radius 3 is 2.41 bits per heavy atom. The lowest BCUT2D eigenvalue weighted by Crippen LogP contribution is -2.40. The number of benzene rings is 1. The Morgan fingerprint density at radius 2 is 1.79 bits per heavy atom. The lowest BCUT2D eigenvalue weighted by molar-refractivity contribution is 0.0926. The fraction of sp³-hybridized carbons (Fsp3) is 0.450. The number of anilines is 2. The van der Waals surface area contributed by atoms with E-state index in [2.05, 4.69) is 20.6 Å². The normalized spacial score (nSPS) is 18.5. The first-order valence-corrected chi connectivity index (χ1v) is 9.75. The average molecular weight is 442 g/mol. The molecule has 1 heterocycles. The average Bonchev–Trinajstić information content (AvgIpc) is 2.65. The molecule has 9 heteroatoms. The summed E-state index contributed by atoms with van der Waals surface area (Å²) in [7, 11) is 3.90. The molecule has 2 aromatic rings. The molecule has 1 fully saturated rings. The van der Waals surface area contributed by atoms with Crippen LogP contribution >= 0.6 is 24.0 Å². The zero-order valence-electron chi connectivity index (χ0n) is 16.7. The second-order valence-electron chi connectivity index (χ2n) is 7.35. The van der Waals surface area contributed by atoms with Crippen molar-refractivity contribution in [2.75, 3.05) is 24.3 Å². The van der Waals surface area contributed by atoms with E-state index in [0.29, 0.717) is 11.6 Å². The number of amides is 1. The molecule has 0 bridgehead atoms. The van der Waals surface area contributed by atoms with E-state index in [9.17, 15) is 9.18 Å². The first-order chi connectivity index (χ1) is 13.3. The number of rotatable bonds is 5. The van der Waals surface area contributed by atoms with E-state index < -0.39 is 5.82 Å². The van der Waals surface area contributed by atoms with Crippen LogP contribution in [0.4, 0.5) is 16.0 Å². The van der Waals surface area contributed by atoms with Crippen LogP contribution < -0.4 is 15.5 Å². The van der Waals surface area contributed by atoms with E-state index in [1.807, 2.05) is 32.0 Å². The maximum absolute atomic E-state index is 13.3. The van der Waals surface area contributed by atoms with Gasteiger partial charge in [-0.1, -0.05) is 11.6 Å². The van der Waals surface area contributed by atoms with Crippen LogP contribution in [0.15, 0.2) is 24.3 Å². The zero-order chi connectivity index (χ0) is 20.3. The Hall–Kier alpha value is -2.12. The molecule has 0 atom stereocenters. The molecule has 3 rings (SSSR count). The van der Waals surface area contributed by atoms with Gasteiger partial charge in [-0.25, -0.2) is 14.4 Å². The van der Waals surface area contributed by atoms with Crippen molar-refractivity contribution in [3.63, 3.8) is 0 Å².